The molecule has 0 saturated heterocycles. The Kier molecular flexibility index (Phi) is 6.45. The lowest BCUT2D eigenvalue weighted by molar-refractivity contribution is -0.154. The zero-order chi connectivity index (χ0) is 17.0. The molecular weight excluding hydrogens is 278 g/mol. The van der Waals surface area contributed by atoms with E-state index in [-0.39, 0.29) is 29.9 Å². The molecule has 0 atom stereocenters. The van der Waals surface area contributed by atoms with Gasteiger partial charge in [-0.3, -0.25) is 9.59 Å². The Balaban J connectivity index is 2.34. The van der Waals surface area contributed by atoms with Crippen LogP contribution in [0.4, 0.5) is 0 Å². The quantitative estimate of drug-likeness (QED) is 0.788. The van der Waals surface area contributed by atoms with Gasteiger partial charge in [-0.05, 0) is 57.3 Å². The van der Waals surface area contributed by atoms with Gasteiger partial charge in [0.15, 0.2) is 6.61 Å². The minimum absolute atomic E-state index is 0.0365. The number of rotatable bonds is 5. The largest absolute Gasteiger partial charge is 0.455 e. The van der Waals surface area contributed by atoms with Crippen LogP contribution in [0.2, 0.25) is 0 Å². The molecule has 1 aliphatic carbocycles. The summed E-state index contributed by atoms with van der Waals surface area (Å²) in [5, 5.41) is 2.88. The van der Waals surface area contributed by atoms with Crippen molar-refractivity contribution in [2.24, 2.45) is 17.3 Å². The SMILES string of the molecule is CCC(C)(C)NC(=O)COC(=O)C1CCC(C(C)(C)C)CC1. The lowest BCUT2D eigenvalue weighted by Crippen LogP contribution is -2.45. The molecule has 0 aromatic carbocycles. The summed E-state index contributed by atoms with van der Waals surface area (Å²) in [7, 11) is 0. The third-order valence-corrected chi connectivity index (χ3v) is 4.99. The number of hydrogen-bond acceptors (Lipinski definition) is 3. The standard InChI is InChI=1S/C18H33NO3/c1-7-18(5,6)19-15(20)12-22-16(21)13-8-10-14(11-9-13)17(2,3)4/h13-14H,7-12H2,1-6H3,(H,19,20). The van der Waals surface area contributed by atoms with Gasteiger partial charge in [0.2, 0.25) is 0 Å². The molecule has 0 heterocycles. The molecule has 1 N–H and O–H groups in total. The van der Waals surface area contributed by atoms with E-state index in [9.17, 15) is 9.59 Å². The highest BCUT2D eigenvalue weighted by atomic mass is 16.5. The number of carbonyl (C=O) groups is 2. The van der Waals surface area contributed by atoms with Crippen molar-refractivity contribution in [1.82, 2.24) is 5.32 Å². The molecular formula is C18H33NO3. The topological polar surface area (TPSA) is 55.4 Å². The average molecular weight is 311 g/mol. The van der Waals surface area contributed by atoms with Gasteiger partial charge in [-0.2, -0.15) is 0 Å². The van der Waals surface area contributed by atoms with Gasteiger partial charge in [0.05, 0.1) is 5.92 Å². The Morgan fingerprint density at radius 2 is 1.59 bits per heavy atom. The molecule has 128 valence electrons. The van der Waals surface area contributed by atoms with Crippen LogP contribution in [0.5, 0.6) is 0 Å². The smallest absolute Gasteiger partial charge is 0.309 e. The van der Waals surface area contributed by atoms with Crippen molar-refractivity contribution in [3.05, 3.63) is 0 Å². The first-order valence-corrected chi connectivity index (χ1v) is 8.53. The second kappa shape index (κ2) is 7.47. The zero-order valence-electron chi connectivity index (χ0n) is 15.1. The van der Waals surface area contributed by atoms with Gasteiger partial charge in [0.1, 0.15) is 0 Å². The monoisotopic (exact) mass is 311 g/mol. The minimum Gasteiger partial charge on any atom is -0.455 e. The number of carbonyl (C=O) groups excluding carboxylic acids is 2. The summed E-state index contributed by atoms with van der Waals surface area (Å²) in [4.78, 5) is 23.9. The molecule has 0 radical (unpaired) electrons. The lowest BCUT2D eigenvalue weighted by Gasteiger charge is -2.36. The van der Waals surface area contributed by atoms with E-state index < -0.39 is 0 Å². The maximum atomic E-state index is 12.1. The van der Waals surface area contributed by atoms with Crippen molar-refractivity contribution in [3.63, 3.8) is 0 Å². The minimum atomic E-state index is -0.256. The molecule has 1 saturated carbocycles. The van der Waals surface area contributed by atoms with Crippen LogP contribution in [-0.4, -0.2) is 24.0 Å². The van der Waals surface area contributed by atoms with Gasteiger partial charge in [0.25, 0.3) is 5.91 Å². The van der Waals surface area contributed by atoms with Gasteiger partial charge >= 0.3 is 5.97 Å². The van der Waals surface area contributed by atoms with Crippen molar-refractivity contribution in [2.75, 3.05) is 6.61 Å². The molecule has 1 fully saturated rings. The van der Waals surface area contributed by atoms with Crippen molar-refractivity contribution in [2.45, 2.75) is 79.2 Å². The van der Waals surface area contributed by atoms with Crippen LogP contribution in [0.3, 0.4) is 0 Å². The lowest BCUT2D eigenvalue weighted by atomic mass is 9.70. The fourth-order valence-corrected chi connectivity index (χ4v) is 2.95. The molecule has 4 heteroatoms. The highest BCUT2D eigenvalue weighted by Crippen LogP contribution is 2.40. The number of nitrogens with one attached hydrogen (secondary N) is 1. The van der Waals surface area contributed by atoms with E-state index in [0.717, 1.165) is 32.1 Å². The highest BCUT2D eigenvalue weighted by molar-refractivity contribution is 5.81. The maximum Gasteiger partial charge on any atom is 0.309 e. The van der Waals surface area contributed by atoms with Crippen molar-refractivity contribution >= 4 is 11.9 Å². The molecule has 0 aromatic heterocycles. The Hall–Kier alpha value is -1.06. The molecule has 1 aliphatic rings. The first-order valence-electron chi connectivity index (χ1n) is 8.53. The van der Waals surface area contributed by atoms with E-state index in [2.05, 4.69) is 26.1 Å². The number of esters is 1. The molecule has 0 unspecified atom stereocenters. The second-order valence-corrected chi connectivity index (χ2v) is 8.31. The first kappa shape index (κ1) is 19.0. The average Bonchev–Trinajstić information content (AvgIpc) is 2.43. The van der Waals surface area contributed by atoms with Gasteiger partial charge in [-0.25, -0.2) is 0 Å². The molecule has 1 rings (SSSR count). The predicted molar refractivity (Wildman–Crippen MR) is 88.4 cm³/mol. The molecule has 4 nitrogen and oxygen atoms in total. The number of hydrogen-bond donors (Lipinski definition) is 1. The summed E-state index contributed by atoms with van der Waals surface area (Å²) < 4.78 is 5.20. The second-order valence-electron chi connectivity index (χ2n) is 8.31. The van der Waals surface area contributed by atoms with E-state index in [0.29, 0.717) is 11.3 Å². The van der Waals surface area contributed by atoms with Crippen LogP contribution in [-0.2, 0) is 14.3 Å². The van der Waals surface area contributed by atoms with Crippen LogP contribution in [0.1, 0.15) is 73.6 Å². The molecule has 22 heavy (non-hydrogen) atoms. The number of amides is 1. The molecule has 1 amide bonds. The summed E-state index contributed by atoms with van der Waals surface area (Å²) in [5.74, 6) is 0.205. The molecule has 0 spiro atoms. The van der Waals surface area contributed by atoms with Crippen molar-refractivity contribution < 1.29 is 14.3 Å². The van der Waals surface area contributed by atoms with Crippen LogP contribution in [0, 0.1) is 17.3 Å². The Morgan fingerprint density at radius 3 is 2.05 bits per heavy atom. The van der Waals surface area contributed by atoms with Crippen molar-refractivity contribution in [1.29, 1.82) is 0 Å². The summed E-state index contributed by atoms with van der Waals surface area (Å²) >= 11 is 0. The third-order valence-electron chi connectivity index (χ3n) is 4.99. The summed E-state index contributed by atoms with van der Waals surface area (Å²) in [5.41, 5.74) is 0.0504. The van der Waals surface area contributed by atoms with Crippen LogP contribution < -0.4 is 5.32 Å². The van der Waals surface area contributed by atoms with Crippen molar-refractivity contribution in [3.8, 4) is 0 Å². The first-order chi connectivity index (χ1) is 10.0. The van der Waals surface area contributed by atoms with Gasteiger partial charge in [-0.1, -0.05) is 27.7 Å². The van der Waals surface area contributed by atoms with E-state index in [1.54, 1.807) is 0 Å². The maximum absolute atomic E-state index is 12.1. The fourth-order valence-electron chi connectivity index (χ4n) is 2.95. The summed E-state index contributed by atoms with van der Waals surface area (Å²) in [6, 6.07) is 0. The van der Waals surface area contributed by atoms with E-state index in [1.807, 2.05) is 20.8 Å². The molecule has 0 aromatic rings. The van der Waals surface area contributed by atoms with E-state index in [4.69, 9.17) is 4.74 Å². The Morgan fingerprint density at radius 1 is 1.05 bits per heavy atom. The molecule has 0 bridgehead atoms. The van der Waals surface area contributed by atoms with E-state index in [1.165, 1.54) is 0 Å². The highest BCUT2D eigenvalue weighted by Gasteiger charge is 2.33. The summed E-state index contributed by atoms with van der Waals surface area (Å²) in [6.45, 7) is 12.5. The van der Waals surface area contributed by atoms with E-state index >= 15 is 0 Å². The van der Waals surface area contributed by atoms with Crippen LogP contribution >= 0.6 is 0 Å². The van der Waals surface area contributed by atoms with Crippen LogP contribution in [0.15, 0.2) is 0 Å². The van der Waals surface area contributed by atoms with Gasteiger partial charge < -0.3 is 10.1 Å². The van der Waals surface area contributed by atoms with Gasteiger partial charge in [0, 0.05) is 5.54 Å². The Labute approximate surface area is 135 Å². The Bertz CT molecular complexity index is 388. The molecule has 0 aliphatic heterocycles. The predicted octanol–water partition coefficient (Wildman–Crippen LogP) is 3.69. The van der Waals surface area contributed by atoms with Crippen LogP contribution in [0.25, 0.3) is 0 Å². The fraction of sp³-hybridized carbons (Fsp3) is 0.889. The third kappa shape index (κ3) is 5.98. The number of ether oxygens (including phenoxy) is 1. The summed E-state index contributed by atoms with van der Waals surface area (Å²) in [6.07, 6.45) is 4.73. The van der Waals surface area contributed by atoms with Gasteiger partial charge in [-0.15, -0.1) is 0 Å². The normalized spacial score (nSPS) is 23.0. The zero-order valence-corrected chi connectivity index (χ0v) is 15.1.